The molecule has 1 aliphatic heterocycles. The number of carbonyl (C=O) groups is 1. The fourth-order valence-corrected chi connectivity index (χ4v) is 1.39. The van der Waals surface area contributed by atoms with Crippen LogP contribution in [0, 0.1) is 0 Å². The van der Waals surface area contributed by atoms with Crippen LogP contribution >= 0.6 is 24.0 Å². The van der Waals surface area contributed by atoms with E-state index in [4.69, 9.17) is 16.3 Å². The topological polar surface area (TPSA) is 38.3 Å². The minimum absolute atomic E-state index is 0. The summed E-state index contributed by atoms with van der Waals surface area (Å²) in [5, 5.41) is 3.37. The van der Waals surface area contributed by atoms with Crippen molar-refractivity contribution in [1.82, 2.24) is 5.32 Å². The van der Waals surface area contributed by atoms with Gasteiger partial charge in [0.1, 0.15) is 6.61 Å². The van der Waals surface area contributed by atoms with E-state index in [-0.39, 0.29) is 24.5 Å². The minimum atomic E-state index is -0.361. The fraction of sp³-hybridized carbons (Fsp3) is 0.222. The van der Waals surface area contributed by atoms with Crippen molar-refractivity contribution < 1.29 is 9.53 Å². The van der Waals surface area contributed by atoms with Crippen LogP contribution in [0.5, 0.6) is 0 Å². The van der Waals surface area contributed by atoms with Crippen LogP contribution in [0.25, 0.3) is 0 Å². The lowest BCUT2D eigenvalue weighted by Crippen LogP contribution is -2.18. The number of alkyl carbamates (subject to hydrolysis) is 1. The fourth-order valence-electron chi connectivity index (χ4n) is 1.26. The van der Waals surface area contributed by atoms with Crippen molar-refractivity contribution in [1.29, 1.82) is 0 Å². The normalized spacial score (nSPS) is 19.5. The standard InChI is InChI=1S/C9H8ClNO2.ClH/c10-7-3-1-6(2-4-7)8-5-13-9(12)11-8;/h1-4,8H,5H2,(H,11,12);1H/t8-;/m0./s1. The molecule has 1 N–H and O–H groups in total. The van der Waals surface area contributed by atoms with Crippen molar-refractivity contribution in [2.24, 2.45) is 0 Å². The maximum Gasteiger partial charge on any atom is 0.407 e. The molecule has 3 nitrogen and oxygen atoms in total. The van der Waals surface area contributed by atoms with E-state index in [2.05, 4.69) is 5.32 Å². The summed E-state index contributed by atoms with van der Waals surface area (Å²) in [4.78, 5) is 10.7. The van der Waals surface area contributed by atoms with Crippen LogP contribution in [0.4, 0.5) is 4.79 Å². The Morgan fingerprint density at radius 3 is 2.50 bits per heavy atom. The molecule has 1 heterocycles. The summed E-state index contributed by atoms with van der Waals surface area (Å²) < 4.78 is 4.77. The maximum absolute atomic E-state index is 10.7. The van der Waals surface area contributed by atoms with Crippen molar-refractivity contribution in [3.8, 4) is 0 Å². The number of hydrogen-bond acceptors (Lipinski definition) is 2. The first-order valence-electron chi connectivity index (χ1n) is 3.94. The second-order valence-electron chi connectivity index (χ2n) is 2.85. The van der Waals surface area contributed by atoms with Crippen LogP contribution in [0.1, 0.15) is 11.6 Å². The first-order valence-corrected chi connectivity index (χ1v) is 4.32. The SMILES string of the molecule is Cl.O=C1N[C@H](c2ccc(Cl)cc2)CO1. The Labute approximate surface area is 92.8 Å². The minimum Gasteiger partial charge on any atom is -0.447 e. The lowest BCUT2D eigenvalue weighted by atomic mass is 10.1. The van der Waals surface area contributed by atoms with Crippen LogP contribution < -0.4 is 5.32 Å². The molecule has 1 amide bonds. The number of benzene rings is 1. The van der Waals surface area contributed by atoms with Crippen molar-refractivity contribution in [3.63, 3.8) is 0 Å². The van der Waals surface area contributed by atoms with Gasteiger partial charge in [-0.05, 0) is 17.7 Å². The van der Waals surface area contributed by atoms with E-state index in [1.54, 1.807) is 12.1 Å². The molecule has 2 rings (SSSR count). The van der Waals surface area contributed by atoms with Gasteiger partial charge in [0.25, 0.3) is 0 Å². The molecule has 0 saturated carbocycles. The number of halogens is 2. The molecule has 1 aromatic carbocycles. The molecule has 76 valence electrons. The first-order chi connectivity index (χ1) is 6.25. The molecule has 1 fully saturated rings. The van der Waals surface area contributed by atoms with E-state index in [0.29, 0.717) is 11.6 Å². The molecule has 5 heteroatoms. The van der Waals surface area contributed by atoms with E-state index in [1.165, 1.54) is 0 Å². The molecule has 1 atom stereocenters. The Morgan fingerprint density at radius 2 is 2.00 bits per heavy atom. The molecule has 0 aromatic heterocycles. The average Bonchev–Trinajstić information content (AvgIpc) is 2.53. The van der Waals surface area contributed by atoms with Crippen LogP contribution in [-0.2, 0) is 4.74 Å². The Hall–Kier alpha value is -0.930. The molecule has 1 aromatic rings. The number of ether oxygens (including phenoxy) is 1. The third-order valence-electron chi connectivity index (χ3n) is 1.95. The van der Waals surface area contributed by atoms with Crippen LogP contribution in [0.2, 0.25) is 5.02 Å². The molecule has 1 saturated heterocycles. The maximum atomic E-state index is 10.7. The summed E-state index contributed by atoms with van der Waals surface area (Å²) in [6, 6.07) is 7.30. The van der Waals surface area contributed by atoms with Gasteiger partial charge >= 0.3 is 6.09 Å². The first kappa shape index (κ1) is 11.1. The average molecular weight is 234 g/mol. The Morgan fingerprint density at radius 1 is 1.36 bits per heavy atom. The molecule has 0 unspecified atom stereocenters. The van der Waals surface area contributed by atoms with Gasteiger partial charge in [0.15, 0.2) is 0 Å². The predicted octanol–water partition coefficient (Wildman–Crippen LogP) is 2.54. The second kappa shape index (κ2) is 4.53. The van der Waals surface area contributed by atoms with Gasteiger partial charge in [-0.2, -0.15) is 0 Å². The number of cyclic esters (lactones) is 1. The van der Waals surface area contributed by atoms with Crippen molar-refractivity contribution >= 4 is 30.1 Å². The van der Waals surface area contributed by atoms with E-state index < -0.39 is 0 Å². The highest BCUT2D eigenvalue weighted by molar-refractivity contribution is 6.30. The molecule has 0 radical (unpaired) electrons. The van der Waals surface area contributed by atoms with Gasteiger partial charge in [0.05, 0.1) is 6.04 Å². The largest absolute Gasteiger partial charge is 0.447 e. The van der Waals surface area contributed by atoms with Crippen LogP contribution in [0.15, 0.2) is 24.3 Å². The zero-order chi connectivity index (χ0) is 9.26. The second-order valence-corrected chi connectivity index (χ2v) is 3.28. The summed E-state index contributed by atoms with van der Waals surface area (Å²) in [7, 11) is 0. The molecule has 0 aliphatic carbocycles. The molecular weight excluding hydrogens is 225 g/mol. The van der Waals surface area contributed by atoms with Gasteiger partial charge in [0, 0.05) is 5.02 Å². The molecule has 0 spiro atoms. The number of hydrogen-bond donors (Lipinski definition) is 1. The quantitative estimate of drug-likeness (QED) is 0.810. The molecule has 1 aliphatic rings. The van der Waals surface area contributed by atoms with Gasteiger partial charge < -0.3 is 10.1 Å². The van der Waals surface area contributed by atoms with Gasteiger partial charge in [-0.15, -0.1) is 12.4 Å². The molecule has 14 heavy (non-hydrogen) atoms. The summed E-state index contributed by atoms with van der Waals surface area (Å²) in [6.45, 7) is 0.389. The highest BCUT2D eigenvalue weighted by atomic mass is 35.5. The van der Waals surface area contributed by atoms with Crippen LogP contribution in [-0.4, -0.2) is 12.7 Å². The Bertz CT molecular complexity index is 326. The highest BCUT2D eigenvalue weighted by Crippen LogP contribution is 2.19. The summed E-state index contributed by atoms with van der Waals surface area (Å²) in [6.07, 6.45) is -0.361. The molecular formula is C9H9Cl2NO2. The van der Waals surface area contributed by atoms with E-state index >= 15 is 0 Å². The lowest BCUT2D eigenvalue weighted by Gasteiger charge is -2.06. The number of rotatable bonds is 1. The summed E-state index contributed by atoms with van der Waals surface area (Å²) in [5.41, 5.74) is 1.01. The smallest absolute Gasteiger partial charge is 0.407 e. The van der Waals surface area contributed by atoms with Crippen LogP contribution in [0.3, 0.4) is 0 Å². The highest BCUT2D eigenvalue weighted by Gasteiger charge is 2.23. The third kappa shape index (κ3) is 2.30. The summed E-state index contributed by atoms with van der Waals surface area (Å²) in [5.74, 6) is 0. The lowest BCUT2D eigenvalue weighted by molar-refractivity contribution is 0.177. The van der Waals surface area contributed by atoms with Gasteiger partial charge in [0.2, 0.25) is 0 Å². The number of carbonyl (C=O) groups excluding carboxylic acids is 1. The van der Waals surface area contributed by atoms with Crippen molar-refractivity contribution in [3.05, 3.63) is 34.9 Å². The van der Waals surface area contributed by atoms with Crippen molar-refractivity contribution in [2.75, 3.05) is 6.61 Å². The van der Waals surface area contributed by atoms with Crippen molar-refractivity contribution in [2.45, 2.75) is 6.04 Å². The van der Waals surface area contributed by atoms with E-state index in [0.717, 1.165) is 5.56 Å². The zero-order valence-electron chi connectivity index (χ0n) is 7.20. The zero-order valence-corrected chi connectivity index (χ0v) is 8.77. The van der Waals surface area contributed by atoms with E-state index in [1.807, 2.05) is 12.1 Å². The third-order valence-corrected chi connectivity index (χ3v) is 2.20. The van der Waals surface area contributed by atoms with Gasteiger partial charge in [-0.25, -0.2) is 4.79 Å². The number of nitrogens with one attached hydrogen (secondary N) is 1. The van der Waals surface area contributed by atoms with Gasteiger partial charge in [-0.1, -0.05) is 23.7 Å². The monoisotopic (exact) mass is 233 g/mol. The van der Waals surface area contributed by atoms with Gasteiger partial charge in [-0.3, -0.25) is 0 Å². The summed E-state index contributed by atoms with van der Waals surface area (Å²) >= 11 is 5.73. The molecule has 0 bridgehead atoms. The Balaban J connectivity index is 0.000000980. The Kier molecular flexibility index (Phi) is 3.61. The predicted molar refractivity (Wildman–Crippen MR) is 55.9 cm³/mol. The number of amides is 1. The van der Waals surface area contributed by atoms with E-state index in [9.17, 15) is 4.79 Å².